The van der Waals surface area contributed by atoms with Crippen LogP contribution in [0.2, 0.25) is 5.02 Å². The Bertz CT molecular complexity index is 597. The smallest absolute Gasteiger partial charge is 0.208 e. The third kappa shape index (κ3) is 3.93. The second-order valence-electron chi connectivity index (χ2n) is 5.57. The lowest BCUT2D eigenvalue weighted by molar-refractivity contribution is 0.158. The Kier molecular flexibility index (Phi) is 4.42. The van der Waals surface area contributed by atoms with Crippen molar-refractivity contribution in [2.45, 2.75) is 25.4 Å². The van der Waals surface area contributed by atoms with Crippen molar-refractivity contribution in [3.05, 3.63) is 39.9 Å². The summed E-state index contributed by atoms with van der Waals surface area (Å²) in [5.41, 5.74) is 1.17. The number of aromatic nitrogens is 2. The highest BCUT2D eigenvalue weighted by Crippen LogP contribution is 2.33. The number of rotatable bonds is 6. The Morgan fingerprint density at radius 3 is 2.71 bits per heavy atom. The van der Waals surface area contributed by atoms with Crippen molar-refractivity contribution in [1.29, 1.82) is 0 Å². The summed E-state index contributed by atoms with van der Waals surface area (Å²) in [6.07, 6.45) is 2.80. The number of likely N-dealkylation sites (N-methyl/N-ethyl adjacent to an activating group) is 1. The number of hydrogen-bond donors (Lipinski definition) is 1. The van der Waals surface area contributed by atoms with E-state index in [1.54, 1.807) is 11.3 Å². The van der Waals surface area contributed by atoms with Crippen LogP contribution in [0.25, 0.3) is 0 Å². The lowest BCUT2D eigenvalue weighted by atomic mass is 10.2. The van der Waals surface area contributed by atoms with E-state index in [1.165, 1.54) is 5.56 Å². The molecule has 0 spiro atoms. The molecule has 3 rings (SSSR count). The number of hydrogen-bond acceptors (Lipinski definition) is 5. The molecule has 0 saturated heterocycles. The molecule has 1 aromatic carbocycles. The molecule has 1 N–H and O–H groups in total. The maximum absolute atomic E-state index is 9.99. The van der Waals surface area contributed by atoms with Crippen LogP contribution in [0.1, 0.15) is 23.4 Å². The fraction of sp³-hybridized carbons (Fsp3) is 0.467. The first-order valence-electron chi connectivity index (χ1n) is 7.08. The van der Waals surface area contributed by atoms with Gasteiger partial charge in [-0.2, -0.15) is 0 Å². The second-order valence-corrected chi connectivity index (χ2v) is 7.04. The average Bonchev–Trinajstić information content (AvgIpc) is 3.21. The number of benzene rings is 1. The van der Waals surface area contributed by atoms with E-state index in [-0.39, 0.29) is 6.10 Å². The van der Waals surface area contributed by atoms with Gasteiger partial charge in [-0.15, -0.1) is 10.2 Å². The zero-order valence-electron chi connectivity index (χ0n) is 11.9. The third-order valence-corrected chi connectivity index (χ3v) is 4.97. The summed E-state index contributed by atoms with van der Waals surface area (Å²) in [7, 11) is 1.96. The summed E-state index contributed by atoms with van der Waals surface area (Å²) < 4.78 is 0. The molecule has 6 heteroatoms. The highest BCUT2D eigenvalue weighted by molar-refractivity contribution is 7.15. The third-order valence-electron chi connectivity index (χ3n) is 3.68. The molecule has 1 fully saturated rings. The van der Waals surface area contributed by atoms with Crippen LogP contribution >= 0.6 is 22.9 Å². The summed E-state index contributed by atoms with van der Waals surface area (Å²) in [6.45, 7) is 0.625. The molecule has 1 saturated carbocycles. The normalized spacial score (nSPS) is 16.0. The van der Waals surface area contributed by atoms with E-state index < -0.39 is 0 Å². The quantitative estimate of drug-likeness (QED) is 0.888. The van der Waals surface area contributed by atoms with Gasteiger partial charge < -0.3 is 10.0 Å². The SMILES string of the molecule is CN(CC(O)C1CC1)c1nnc(Cc2ccc(Cl)cc2)s1. The minimum atomic E-state index is -0.251. The van der Waals surface area contributed by atoms with Crippen molar-refractivity contribution < 1.29 is 5.11 Å². The van der Waals surface area contributed by atoms with Gasteiger partial charge in [0.05, 0.1) is 6.10 Å². The zero-order valence-corrected chi connectivity index (χ0v) is 13.4. The first kappa shape index (κ1) is 14.8. The number of halogens is 1. The van der Waals surface area contributed by atoms with Crippen molar-refractivity contribution in [2.24, 2.45) is 5.92 Å². The van der Waals surface area contributed by atoms with Gasteiger partial charge in [0, 0.05) is 25.0 Å². The number of aliphatic hydroxyl groups excluding tert-OH is 1. The molecule has 1 heterocycles. The summed E-state index contributed by atoms with van der Waals surface area (Å²) in [4.78, 5) is 1.99. The molecule has 0 bridgehead atoms. The predicted molar refractivity (Wildman–Crippen MR) is 86.2 cm³/mol. The van der Waals surface area contributed by atoms with Crippen molar-refractivity contribution in [3.63, 3.8) is 0 Å². The molecule has 0 aliphatic heterocycles. The first-order chi connectivity index (χ1) is 10.1. The minimum absolute atomic E-state index is 0.251. The molecule has 1 aliphatic carbocycles. The summed E-state index contributed by atoms with van der Waals surface area (Å²) >= 11 is 7.46. The summed E-state index contributed by atoms with van der Waals surface area (Å²) in [6, 6.07) is 7.78. The Balaban J connectivity index is 1.61. The van der Waals surface area contributed by atoms with Gasteiger partial charge >= 0.3 is 0 Å². The lowest BCUT2D eigenvalue weighted by Crippen LogP contribution is -2.30. The average molecular weight is 324 g/mol. The van der Waals surface area contributed by atoms with E-state index in [0.29, 0.717) is 12.5 Å². The Hall–Kier alpha value is -1.17. The fourth-order valence-corrected chi connectivity index (χ4v) is 3.21. The topological polar surface area (TPSA) is 49.2 Å². The van der Waals surface area contributed by atoms with Crippen LogP contribution in [0.15, 0.2) is 24.3 Å². The molecule has 0 radical (unpaired) electrons. The monoisotopic (exact) mass is 323 g/mol. The van der Waals surface area contributed by atoms with E-state index >= 15 is 0 Å². The summed E-state index contributed by atoms with van der Waals surface area (Å²) in [5, 5.41) is 21.0. The van der Waals surface area contributed by atoms with Crippen LogP contribution in [-0.4, -0.2) is 35.0 Å². The van der Waals surface area contributed by atoms with E-state index in [1.807, 2.05) is 36.2 Å². The predicted octanol–water partition coefficient (Wildman–Crippen LogP) is 2.99. The molecule has 2 aromatic rings. The zero-order chi connectivity index (χ0) is 14.8. The van der Waals surface area contributed by atoms with Gasteiger partial charge in [-0.25, -0.2) is 0 Å². The minimum Gasteiger partial charge on any atom is -0.391 e. The van der Waals surface area contributed by atoms with Crippen molar-refractivity contribution in [1.82, 2.24) is 10.2 Å². The van der Waals surface area contributed by atoms with Gasteiger partial charge in [0.2, 0.25) is 5.13 Å². The van der Waals surface area contributed by atoms with Gasteiger partial charge in [0.25, 0.3) is 0 Å². The van der Waals surface area contributed by atoms with E-state index in [9.17, 15) is 5.11 Å². The molecule has 0 amide bonds. The molecule has 1 unspecified atom stereocenters. The maximum Gasteiger partial charge on any atom is 0.208 e. The molecule has 21 heavy (non-hydrogen) atoms. The van der Waals surface area contributed by atoms with E-state index in [0.717, 1.165) is 34.4 Å². The van der Waals surface area contributed by atoms with Gasteiger partial charge in [0.15, 0.2) is 0 Å². The molecular formula is C15H18ClN3OS. The van der Waals surface area contributed by atoms with Crippen LogP contribution in [0.5, 0.6) is 0 Å². The van der Waals surface area contributed by atoms with Crippen LogP contribution < -0.4 is 4.90 Å². The van der Waals surface area contributed by atoms with Gasteiger partial charge in [-0.3, -0.25) is 0 Å². The van der Waals surface area contributed by atoms with Crippen LogP contribution in [0.3, 0.4) is 0 Å². The molecule has 1 aromatic heterocycles. The van der Waals surface area contributed by atoms with Crippen molar-refractivity contribution >= 4 is 28.1 Å². The maximum atomic E-state index is 9.99. The van der Waals surface area contributed by atoms with Gasteiger partial charge in [-0.1, -0.05) is 35.1 Å². The molecule has 112 valence electrons. The molecule has 1 atom stereocenters. The Labute approximate surface area is 133 Å². The highest BCUT2D eigenvalue weighted by atomic mass is 35.5. The van der Waals surface area contributed by atoms with Gasteiger partial charge in [-0.05, 0) is 36.5 Å². The largest absolute Gasteiger partial charge is 0.391 e. The number of nitrogens with zero attached hydrogens (tertiary/aromatic N) is 3. The van der Waals surface area contributed by atoms with E-state index in [4.69, 9.17) is 11.6 Å². The van der Waals surface area contributed by atoms with Gasteiger partial charge in [0.1, 0.15) is 5.01 Å². The highest BCUT2D eigenvalue weighted by Gasteiger charge is 2.30. The standard InChI is InChI=1S/C15H18ClN3OS/c1-19(9-13(20)11-4-5-11)15-18-17-14(21-15)8-10-2-6-12(16)7-3-10/h2-3,6-7,11,13,20H,4-5,8-9H2,1H3. The molecule has 4 nitrogen and oxygen atoms in total. The fourth-order valence-electron chi connectivity index (χ4n) is 2.24. The second kappa shape index (κ2) is 6.30. The van der Waals surface area contributed by atoms with Crippen LogP contribution in [0, 0.1) is 5.92 Å². The number of anilines is 1. The molecule has 1 aliphatic rings. The Morgan fingerprint density at radius 1 is 1.33 bits per heavy atom. The Morgan fingerprint density at radius 2 is 2.05 bits per heavy atom. The van der Waals surface area contributed by atoms with E-state index in [2.05, 4.69) is 10.2 Å². The van der Waals surface area contributed by atoms with Crippen molar-refractivity contribution in [2.75, 3.05) is 18.5 Å². The number of aliphatic hydroxyl groups is 1. The van der Waals surface area contributed by atoms with Crippen LogP contribution in [0.4, 0.5) is 5.13 Å². The van der Waals surface area contributed by atoms with Crippen molar-refractivity contribution in [3.8, 4) is 0 Å². The molecular weight excluding hydrogens is 306 g/mol. The summed E-state index contributed by atoms with van der Waals surface area (Å²) in [5.74, 6) is 0.480. The first-order valence-corrected chi connectivity index (χ1v) is 8.27. The lowest BCUT2D eigenvalue weighted by Gasteiger charge is -2.18. The van der Waals surface area contributed by atoms with Crippen LogP contribution in [-0.2, 0) is 6.42 Å².